The van der Waals surface area contributed by atoms with Crippen LogP contribution in [0.15, 0.2) is 23.3 Å². The van der Waals surface area contributed by atoms with E-state index >= 15 is 0 Å². The molecule has 1 aliphatic rings. The van der Waals surface area contributed by atoms with Gasteiger partial charge in [0, 0.05) is 23.7 Å². The largest absolute Gasteiger partial charge is 0.550 e. The van der Waals surface area contributed by atoms with Crippen molar-refractivity contribution in [2.45, 2.75) is 27.2 Å². The molecule has 2 atom stereocenters. The Morgan fingerprint density at radius 2 is 1.92 bits per heavy atom. The highest BCUT2D eigenvalue weighted by molar-refractivity contribution is 5.85. The van der Waals surface area contributed by atoms with E-state index in [4.69, 9.17) is 0 Å². The molecule has 1 aliphatic carbocycles. The lowest BCUT2D eigenvalue weighted by molar-refractivity contribution is -0.393. The van der Waals surface area contributed by atoms with Crippen molar-refractivity contribution < 1.29 is 19.7 Å². The van der Waals surface area contributed by atoms with E-state index in [1.807, 2.05) is 13.8 Å². The van der Waals surface area contributed by atoms with Crippen LogP contribution in [0, 0.1) is 37.5 Å². The summed E-state index contributed by atoms with van der Waals surface area (Å²) in [5.74, 6) is -1.76. The van der Waals surface area contributed by atoms with Crippen LogP contribution in [0.25, 0.3) is 0 Å². The number of aliphatic carboxylic acids is 1. The van der Waals surface area contributed by atoms with Crippen molar-refractivity contribution in [1.82, 2.24) is 0 Å². The van der Waals surface area contributed by atoms with Crippen LogP contribution in [0.1, 0.15) is 27.2 Å². The molecule has 0 spiro atoms. The second-order valence-electron chi connectivity index (χ2n) is 6.60. The summed E-state index contributed by atoms with van der Waals surface area (Å²) in [5, 5.41) is 36.9. The summed E-state index contributed by atoms with van der Waals surface area (Å²) in [5.41, 5.74) is 1.86. The van der Waals surface area contributed by atoms with Crippen molar-refractivity contribution in [2.75, 3.05) is 5.43 Å². The second kappa shape index (κ2) is 6.46. The molecule has 0 bridgehead atoms. The Kier molecular flexibility index (Phi) is 4.73. The monoisotopic (exact) mass is 349 g/mol. The Morgan fingerprint density at radius 1 is 1.28 bits per heavy atom. The first-order valence-corrected chi connectivity index (χ1v) is 7.48. The van der Waals surface area contributed by atoms with Gasteiger partial charge in [-0.1, -0.05) is 13.8 Å². The summed E-state index contributed by atoms with van der Waals surface area (Å²) in [4.78, 5) is 31.4. The Balaban J connectivity index is 2.12. The minimum atomic E-state index is -1.10. The van der Waals surface area contributed by atoms with Crippen LogP contribution >= 0.6 is 0 Å². The predicted molar refractivity (Wildman–Crippen MR) is 86.9 cm³/mol. The lowest BCUT2D eigenvalue weighted by Crippen LogP contribution is -2.26. The standard InChI is InChI=1S/C15H18N4O6/c1-8(6-10-13(14(20)21)15(10,2)3)16-17-11-5-4-9(18(22)23)7-12(11)19(24)25/h4-5,7,10,13,17H,6H2,1-3H3,(H,20,21)/p-1/b16-8-/t10-,13+/m1/s1. The van der Waals surface area contributed by atoms with Crippen molar-refractivity contribution in [2.24, 2.45) is 22.4 Å². The zero-order valence-corrected chi connectivity index (χ0v) is 13.9. The van der Waals surface area contributed by atoms with Crippen LogP contribution in [-0.4, -0.2) is 21.5 Å². The molecule has 1 aromatic carbocycles. The number of nitrogens with zero attached hydrogens (tertiary/aromatic N) is 3. The minimum absolute atomic E-state index is 0.0152. The molecule has 134 valence electrons. The van der Waals surface area contributed by atoms with E-state index in [2.05, 4.69) is 10.5 Å². The Morgan fingerprint density at radius 3 is 2.40 bits per heavy atom. The third-order valence-electron chi connectivity index (χ3n) is 4.58. The summed E-state index contributed by atoms with van der Waals surface area (Å²) in [6.45, 7) is 5.34. The van der Waals surface area contributed by atoms with Crippen molar-refractivity contribution in [3.8, 4) is 0 Å². The van der Waals surface area contributed by atoms with Gasteiger partial charge in [-0.05, 0) is 30.7 Å². The van der Waals surface area contributed by atoms with E-state index in [0.29, 0.717) is 12.1 Å². The number of nitro benzene ring substituents is 2. The minimum Gasteiger partial charge on any atom is -0.550 e. The predicted octanol–water partition coefficient (Wildman–Crippen LogP) is 1.70. The molecule has 1 aromatic rings. The molecular weight excluding hydrogens is 332 g/mol. The summed E-state index contributed by atoms with van der Waals surface area (Å²) in [6.07, 6.45) is 0.402. The van der Waals surface area contributed by atoms with Gasteiger partial charge < -0.3 is 9.90 Å². The molecular formula is C15H17N4O6-. The Labute approximate surface area is 142 Å². The van der Waals surface area contributed by atoms with Gasteiger partial charge in [-0.2, -0.15) is 5.10 Å². The summed E-state index contributed by atoms with van der Waals surface area (Å²) in [7, 11) is 0. The van der Waals surface area contributed by atoms with Gasteiger partial charge >= 0.3 is 5.69 Å². The first kappa shape index (κ1) is 18.3. The second-order valence-corrected chi connectivity index (χ2v) is 6.60. The summed E-state index contributed by atoms with van der Waals surface area (Å²) in [6, 6.07) is 3.19. The van der Waals surface area contributed by atoms with Crippen LogP contribution < -0.4 is 10.5 Å². The van der Waals surface area contributed by atoms with Gasteiger partial charge in [0.05, 0.1) is 15.9 Å². The van der Waals surface area contributed by atoms with E-state index in [1.165, 1.54) is 6.07 Å². The smallest absolute Gasteiger partial charge is 0.301 e. The van der Waals surface area contributed by atoms with E-state index < -0.39 is 33.1 Å². The number of nitro groups is 2. The van der Waals surface area contributed by atoms with Crippen LogP contribution in [0.2, 0.25) is 0 Å². The molecule has 2 rings (SSSR count). The number of carbonyl (C=O) groups excluding carboxylic acids is 1. The maximum Gasteiger partial charge on any atom is 0.301 e. The van der Waals surface area contributed by atoms with E-state index in [9.17, 15) is 30.1 Å². The lowest BCUT2D eigenvalue weighted by atomic mass is 10.1. The molecule has 0 radical (unpaired) electrons. The number of non-ortho nitro benzene ring substituents is 1. The first-order valence-electron chi connectivity index (χ1n) is 7.48. The highest BCUT2D eigenvalue weighted by atomic mass is 16.6. The number of hydrazone groups is 1. The molecule has 25 heavy (non-hydrogen) atoms. The molecule has 0 aromatic heterocycles. The fourth-order valence-electron chi connectivity index (χ4n) is 2.99. The molecule has 1 saturated carbocycles. The maximum atomic E-state index is 11.1. The number of hydrogen-bond donors (Lipinski definition) is 1. The molecule has 0 aliphatic heterocycles. The van der Waals surface area contributed by atoms with Crippen molar-refractivity contribution in [3.05, 3.63) is 38.4 Å². The van der Waals surface area contributed by atoms with Crippen molar-refractivity contribution >= 4 is 28.7 Å². The number of carboxylic acid groups (broad SMARTS) is 1. The molecule has 0 saturated heterocycles. The van der Waals surface area contributed by atoms with Gasteiger partial charge in [0.25, 0.3) is 5.69 Å². The summed E-state index contributed by atoms with van der Waals surface area (Å²) >= 11 is 0. The zero-order chi connectivity index (χ0) is 18.9. The number of hydrogen-bond acceptors (Lipinski definition) is 8. The number of rotatable bonds is 7. The molecule has 0 heterocycles. The Bertz CT molecular complexity index is 773. The van der Waals surface area contributed by atoms with Gasteiger partial charge in [0.1, 0.15) is 5.69 Å². The SMILES string of the molecule is C/C(C[C@@H]1[C@@H](C(=O)[O-])C1(C)C)=N/Nc1ccc([N+](=O)[O-])cc1[N+](=O)[O-]. The zero-order valence-electron chi connectivity index (χ0n) is 13.9. The fraction of sp³-hybridized carbons (Fsp3) is 0.467. The molecule has 0 amide bonds. The summed E-state index contributed by atoms with van der Waals surface area (Å²) < 4.78 is 0. The van der Waals surface area contributed by atoms with E-state index in [1.54, 1.807) is 6.92 Å². The van der Waals surface area contributed by atoms with Crippen LogP contribution in [0.4, 0.5) is 17.1 Å². The lowest BCUT2D eigenvalue weighted by Gasteiger charge is -2.05. The van der Waals surface area contributed by atoms with Crippen LogP contribution in [0.3, 0.4) is 0 Å². The molecule has 10 heteroatoms. The average molecular weight is 349 g/mol. The fourth-order valence-corrected chi connectivity index (χ4v) is 2.99. The number of carbonyl (C=O) groups is 1. The van der Waals surface area contributed by atoms with Crippen LogP contribution in [-0.2, 0) is 4.79 Å². The van der Waals surface area contributed by atoms with Gasteiger partial charge in [-0.15, -0.1) is 0 Å². The maximum absolute atomic E-state index is 11.1. The average Bonchev–Trinajstić information content (AvgIpc) is 3.05. The molecule has 1 fully saturated rings. The Hall–Kier alpha value is -3.04. The first-order chi connectivity index (χ1) is 11.6. The number of anilines is 1. The molecule has 0 unspecified atom stereocenters. The van der Waals surface area contributed by atoms with Gasteiger partial charge in [0.2, 0.25) is 0 Å². The third-order valence-corrected chi connectivity index (χ3v) is 4.58. The quantitative estimate of drug-likeness (QED) is 0.447. The normalized spacial score (nSPS) is 21.5. The number of carboxylic acids is 1. The van der Waals surface area contributed by atoms with Gasteiger partial charge in [-0.3, -0.25) is 25.7 Å². The molecule has 10 nitrogen and oxygen atoms in total. The van der Waals surface area contributed by atoms with Crippen molar-refractivity contribution in [1.29, 1.82) is 0 Å². The van der Waals surface area contributed by atoms with Gasteiger partial charge in [0.15, 0.2) is 0 Å². The highest BCUT2D eigenvalue weighted by Crippen LogP contribution is 2.59. The number of benzene rings is 1. The topological polar surface area (TPSA) is 151 Å². The molecule has 1 N–H and O–H groups in total. The van der Waals surface area contributed by atoms with Gasteiger partial charge in [-0.25, -0.2) is 0 Å². The van der Waals surface area contributed by atoms with E-state index in [0.717, 1.165) is 12.1 Å². The highest BCUT2D eigenvalue weighted by Gasteiger charge is 2.58. The number of nitrogens with one attached hydrogen (secondary N) is 1. The van der Waals surface area contributed by atoms with Crippen LogP contribution in [0.5, 0.6) is 0 Å². The third kappa shape index (κ3) is 3.73. The van der Waals surface area contributed by atoms with E-state index in [-0.39, 0.29) is 17.0 Å². The van der Waals surface area contributed by atoms with Crippen molar-refractivity contribution in [3.63, 3.8) is 0 Å².